The lowest BCUT2D eigenvalue weighted by molar-refractivity contribution is -0.384. The van der Waals surface area contributed by atoms with Gasteiger partial charge in [-0.1, -0.05) is 17.7 Å². The van der Waals surface area contributed by atoms with Crippen molar-refractivity contribution in [3.8, 4) is 0 Å². The number of hydrogen-bond acceptors (Lipinski definition) is 5. The Morgan fingerprint density at radius 1 is 1.22 bits per heavy atom. The summed E-state index contributed by atoms with van der Waals surface area (Å²) in [4.78, 5) is 26.3. The van der Waals surface area contributed by atoms with Gasteiger partial charge in [-0.25, -0.2) is 4.98 Å². The SMILES string of the molecule is O=C(/C=C/c1c(Cl)nc2ccccn12)NCCNc1ccc([N+](=O)[O-])cc1. The summed E-state index contributed by atoms with van der Waals surface area (Å²) in [5, 5.41) is 16.7. The van der Waals surface area contributed by atoms with Gasteiger partial charge in [-0.05, 0) is 30.3 Å². The monoisotopic (exact) mass is 385 g/mol. The first-order chi connectivity index (χ1) is 13.0. The van der Waals surface area contributed by atoms with Gasteiger partial charge in [0, 0.05) is 43.2 Å². The van der Waals surface area contributed by atoms with Gasteiger partial charge in [0.05, 0.1) is 10.6 Å². The van der Waals surface area contributed by atoms with E-state index in [0.717, 1.165) is 5.69 Å². The molecule has 1 aromatic carbocycles. The highest BCUT2D eigenvalue weighted by atomic mass is 35.5. The van der Waals surface area contributed by atoms with Gasteiger partial charge in [0.2, 0.25) is 5.91 Å². The lowest BCUT2D eigenvalue weighted by Gasteiger charge is -2.06. The van der Waals surface area contributed by atoms with Crippen LogP contribution in [0.25, 0.3) is 11.7 Å². The zero-order valence-corrected chi connectivity index (χ0v) is 14.9. The first-order valence-electron chi connectivity index (χ1n) is 8.11. The van der Waals surface area contributed by atoms with E-state index in [-0.39, 0.29) is 11.6 Å². The molecule has 0 atom stereocenters. The van der Waals surface area contributed by atoms with E-state index in [1.165, 1.54) is 18.2 Å². The molecule has 9 heteroatoms. The van der Waals surface area contributed by atoms with Crippen LogP contribution in [-0.4, -0.2) is 33.3 Å². The Bertz CT molecular complexity index is 998. The number of rotatable bonds is 7. The van der Waals surface area contributed by atoms with Crippen LogP contribution in [0, 0.1) is 10.1 Å². The number of carbonyl (C=O) groups is 1. The standard InChI is InChI=1S/C18H16ClN5O3/c19-18-15(23-12-2-1-3-16(23)22-18)8-9-17(25)21-11-10-20-13-4-6-14(7-5-13)24(26)27/h1-9,12,20H,10-11H2,(H,21,25)/b9-8+. The molecular weight excluding hydrogens is 370 g/mol. The van der Waals surface area contributed by atoms with E-state index < -0.39 is 4.92 Å². The predicted octanol–water partition coefficient (Wildman–Crippen LogP) is 3.14. The van der Waals surface area contributed by atoms with Gasteiger partial charge >= 0.3 is 0 Å². The van der Waals surface area contributed by atoms with Crippen LogP contribution in [0.5, 0.6) is 0 Å². The Hall–Kier alpha value is -3.39. The van der Waals surface area contributed by atoms with Gasteiger partial charge in [0.1, 0.15) is 5.65 Å². The third kappa shape index (κ3) is 4.62. The fraction of sp³-hybridized carbons (Fsp3) is 0.111. The molecule has 0 bridgehead atoms. The van der Waals surface area contributed by atoms with Gasteiger partial charge < -0.3 is 10.6 Å². The summed E-state index contributed by atoms with van der Waals surface area (Å²) in [6.45, 7) is 0.870. The average molecular weight is 386 g/mol. The fourth-order valence-electron chi connectivity index (χ4n) is 2.44. The molecule has 0 spiro atoms. The molecule has 0 saturated heterocycles. The van der Waals surface area contributed by atoms with Gasteiger partial charge in [-0.3, -0.25) is 19.3 Å². The number of fused-ring (bicyclic) bond motifs is 1. The van der Waals surface area contributed by atoms with E-state index in [2.05, 4.69) is 15.6 Å². The summed E-state index contributed by atoms with van der Waals surface area (Å²) in [6.07, 6.45) is 4.83. The largest absolute Gasteiger partial charge is 0.383 e. The Labute approximate surface area is 159 Å². The second-order valence-corrected chi connectivity index (χ2v) is 5.93. The normalized spacial score (nSPS) is 11.0. The van der Waals surface area contributed by atoms with Crippen molar-refractivity contribution in [2.75, 3.05) is 18.4 Å². The van der Waals surface area contributed by atoms with Gasteiger partial charge in [-0.2, -0.15) is 0 Å². The quantitative estimate of drug-likeness (QED) is 0.281. The Morgan fingerprint density at radius 2 is 2.00 bits per heavy atom. The minimum atomic E-state index is -0.452. The van der Waals surface area contributed by atoms with Gasteiger partial charge in [-0.15, -0.1) is 0 Å². The molecule has 0 aliphatic carbocycles. The molecule has 3 aromatic rings. The molecule has 138 valence electrons. The molecule has 2 aromatic heterocycles. The molecule has 1 amide bonds. The molecule has 2 N–H and O–H groups in total. The summed E-state index contributed by atoms with van der Waals surface area (Å²) in [6, 6.07) is 11.6. The van der Waals surface area contributed by atoms with Crippen LogP contribution in [-0.2, 0) is 4.79 Å². The Morgan fingerprint density at radius 3 is 2.74 bits per heavy atom. The van der Waals surface area contributed by atoms with Crippen molar-refractivity contribution in [2.24, 2.45) is 0 Å². The summed E-state index contributed by atoms with van der Waals surface area (Å²) >= 11 is 6.11. The van der Waals surface area contributed by atoms with Crippen LogP contribution in [0.4, 0.5) is 11.4 Å². The Balaban J connectivity index is 1.49. The number of nitrogens with zero attached hydrogens (tertiary/aromatic N) is 3. The zero-order valence-electron chi connectivity index (χ0n) is 14.1. The average Bonchev–Trinajstić information content (AvgIpc) is 2.99. The summed E-state index contributed by atoms with van der Waals surface area (Å²) < 4.78 is 1.79. The molecule has 0 aliphatic heterocycles. The number of imidazole rings is 1. The van der Waals surface area contributed by atoms with Crippen LogP contribution in [0.2, 0.25) is 5.15 Å². The van der Waals surface area contributed by atoms with Crippen LogP contribution >= 0.6 is 11.6 Å². The predicted molar refractivity (Wildman–Crippen MR) is 104 cm³/mol. The fourth-order valence-corrected chi connectivity index (χ4v) is 2.68. The first kappa shape index (κ1) is 18.4. The van der Waals surface area contributed by atoms with Gasteiger partial charge in [0.15, 0.2) is 5.15 Å². The number of nitrogens with one attached hydrogen (secondary N) is 2. The van der Waals surface area contributed by atoms with Crippen molar-refractivity contribution < 1.29 is 9.72 Å². The second-order valence-electron chi connectivity index (χ2n) is 5.57. The molecule has 0 saturated carbocycles. The number of anilines is 1. The van der Waals surface area contributed by atoms with E-state index >= 15 is 0 Å². The van der Waals surface area contributed by atoms with E-state index in [4.69, 9.17) is 11.6 Å². The minimum absolute atomic E-state index is 0.0325. The molecule has 0 radical (unpaired) electrons. The number of halogens is 1. The molecule has 0 fully saturated rings. The minimum Gasteiger partial charge on any atom is -0.383 e. The number of nitro groups is 1. The second kappa shape index (κ2) is 8.33. The molecule has 27 heavy (non-hydrogen) atoms. The third-order valence-electron chi connectivity index (χ3n) is 3.75. The third-order valence-corrected chi connectivity index (χ3v) is 4.02. The van der Waals surface area contributed by atoms with E-state index in [9.17, 15) is 14.9 Å². The lowest BCUT2D eigenvalue weighted by atomic mass is 10.3. The summed E-state index contributed by atoms with van der Waals surface area (Å²) in [5.74, 6) is -0.262. The number of aromatic nitrogens is 2. The van der Waals surface area contributed by atoms with Crippen LogP contribution in [0.3, 0.4) is 0 Å². The van der Waals surface area contributed by atoms with Crippen molar-refractivity contribution in [1.29, 1.82) is 0 Å². The number of carbonyl (C=O) groups excluding carboxylic acids is 1. The highest BCUT2D eigenvalue weighted by Crippen LogP contribution is 2.18. The van der Waals surface area contributed by atoms with E-state index in [1.807, 2.05) is 24.4 Å². The van der Waals surface area contributed by atoms with Crippen molar-refractivity contribution in [2.45, 2.75) is 0 Å². The molecular formula is C18H16ClN5O3. The Kier molecular flexibility index (Phi) is 5.68. The number of nitro benzene ring substituents is 1. The highest BCUT2D eigenvalue weighted by Gasteiger charge is 2.07. The maximum Gasteiger partial charge on any atom is 0.269 e. The number of non-ortho nitro benzene ring substituents is 1. The number of amides is 1. The van der Waals surface area contributed by atoms with Gasteiger partial charge in [0.25, 0.3) is 5.69 Å². The summed E-state index contributed by atoms with van der Waals surface area (Å²) in [5.41, 5.74) is 2.11. The number of benzene rings is 1. The first-order valence-corrected chi connectivity index (χ1v) is 8.49. The van der Waals surface area contributed by atoms with Crippen molar-refractivity contribution >= 4 is 40.6 Å². The molecule has 0 unspecified atom stereocenters. The number of hydrogen-bond donors (Lipinski definition) is 2. The van der Waals surface area contributed by atoms with E-state index in [1.54, 1.807) is 22.6 Å². The molecule has 0 aliphatic rings. The van der Waals surface area contributed by atoms with Crippen LogP contribution in [0.15, 0.2) is 54.7 Å². The molecule has 2 heterocycles. The molecule has 3 rings (SSSR count). The van der Waals surface area contributed by atoms with Crippen LogP contribution < -0.4 is 10.6 Å². The molecule has 8 nitrogen and oxygen atoms in total. The zero-order chi connectivity index (χ0) is 19.2. The van der Waals surface area contributed by atoms with Crippen molar-refractivity contribution in [3.63, 3.8) is 0 Å². The van der Waals surface area contributed by atoms with Crippen LogP contribution in [0.1, 0.15) is 5.69 Å². The van der Waals surface area contributed by atoms with E-state index in [0.29, 0.717) is 29.6 Å². The highest BCUT2D eigenvalue weighted by molar-refractivity contribution is 6.31. The lowest BCUT2D eigenvalue weighted by Crippen LogP contribution is -2.27. The smallest absolute Gasteiger partial charge is 0.269 e. The topological polar surface area (TPSA) is 102 Å². The maximum absolute atomic E-state index is 11.9. The van der Waals surface area contributed by atoms with Crippen molar-refractivity contribution in [3.05, 3.63) is 75.7 Å². The van der Waals surface area contributed by atoms with Crippen molar-refractivity contribution in [1.82, 2.24) is 14.7 Å². The number of pyridine rings is 1. The maximum atomic E-state index is 11.9. The summed E-state index contributed by atoms with van der Waals surface area (Å²) in [7, 11) is 0.